The van der Waals surface area contributed by atoms with E-state index in [4.69, 9.17) is 16.3 Å². The molecule has 1 N–H and O–H groups in total. The van der Waals surface area contributed by atoms with Gasteiger partial charge in [0.15, 0.2) is 0 Å². The van der Waals surface area contributed by atoms with E-state index >= 15 is 0 Å². The maximum Gasteiger partial charge on any atom is 0.416 e. The van der Waals surface area contributed by atoms with Crippen LogP contribution in [0, 0.1) is 0 Å². The van der Waals surface area contributed by atoms with Crippen LogP contribution in [0.25, 0.3) is 0 Å². The van der Waals surface area contributed by atoms with Crippen LogP contribution in [0.4, 0.5) is 19.0 Å². The van der Waals surface area contributed by atoms with Crippen molar-refractivity contribution < 1.29 is 17.9 Å². The van der Waals surface area contributed by atoms with Crippen molar-refractivity contribution in [3.63, 3.8) is 0 Å². The molecular weight excluding hydrogens is 305 g/mol. The van der Waals surface area contributed by atoms with Crippen molar-refractivity contribution in [2.24, 2.45) is 0 Å². The van der Waals surface area contributed by atoms with Gasteiger partial charge in [0.25, 0.3) is 0 Å². The minimum atomic E-state index is -4.40. The summed E-state index contributed by atoms with van der Waals surface area (Å²) in [6, 6.07) is 8.00. The highest BCUT2D eigenvalue weighted by molar-refractivity contribution is 6.31. The molecule has 1 aromatic heterocycles. The molecule has 0 saturated heterocycles. The monoisotopic (exact) mass is 316 g/mol. The smallest absolute Gasteiger partial charge is 0.416 e. The lowest BCUT2D eigenvalue weighted by molar-refractivity contribution is -0.137. The Hall–Kier alpha value is -1.95. The van der Waals surface area contributed by atoms with Gasteiger partial charge >= 0.3 is 6.18 Å². The van der Waals surface area contributed by atoms with Crippen molar-refractivity contribution in [2.45, 2.75) is 12.8 Å². The summed E-state index contributed by atoms with van der Waals surface area (Å²) in [5.74, 6) is 0.708. The zero-order chi connectivity index (χ0) is 15.5. The fraction of sp³-hybridized carbons (Fsp3) is 0.214. The van der Waals surface area contributed by atoms with Gasteiger partial charge in [-0.1, -0.05) is 17.7 Å². The molecule has 1 aromatic carbocycles. The SMILES string of the molecule is CNc1ccc(Cl)c(COc2cccc(C(F)(F)F)c2)n1. The second-order valence-corrected chi connectivity index (χ2v) is 4.60. The molecule has 2 aromatic rings. The molecule has 1 heterocycles. The van der Waals surface area contributed by atoms with Gasteiger partial charge in [0, 0.05) is 7.05 Å². The number of ether oxygens (including phenoxy) is 1. The zero-order valence-corrected chi connectivity index (χ0v) is 11.8. The molecule has 3 nitrogen and oxygen atoms in total. The molecule has 0 fully saturated rings. The molecule has 7 heteroatoms. The lowest BCUT2D eigenvalue weighted by atomic mass is 10.2. The molecule has 0 amide bonds. The molecule has 0 unspecified atom stereocenters. The van der Waals surface area contributed by atoms with E-state index in [0.717, 1.165) is 12.1 Å². The molecular formula is C14H12ClF3N2O. The van der Waals surface area contributed by atoms with E-state index in [1.807, 2.05) is 0 Å². The van der Waals surface area contributed by atoms with Crippen molar-refractivity contribution in [1.82, 2.24) is 4.98 Å². The van der Waals surface area contributed by atoms with E-state index in [1.165, 1.54) is 12.1 Å². The molecule has 0 aliphatic carbocycles. The molecule has 2 rings (SSSR count). The molecule has 21 heavy (non-hydrogen) atoms. The van der Waals surface area contributed by atoms with Gasteiger partial charge in [-0.3, -0.25) is 0 Å². The van der Waals surface area contributed by atoms with Crippen molar-refractivity contribution in [2.75, 3.05) is 12.4 Å². The third kappa shape index (κ3) is 4.01. The van der Waals surface area contributed by atoms with Crippen LogP contribution in [0.5, 0.6) is 5.75 Å². The summed E-state index contributed by atoms with van der Waals surface area (Å²) in [5.41, 5.74) is -0.316. The van der Waals surface area contributed by atoms with Crippen LogP contribution in [0.2, 0.25) is 5.02 Å². The number of anilines is 1. The molecule has 0 atom stereocenters. The van der Waals surface area contributed by atoms with Crippen LogP contribution in [-0.4, -0.2) is 12.0 Å². The fourth-order valence-electron chi connectivity index (χ4n) is 1.64. The van der Waals surface area contributed by atoms with E-state index in [0.29, 0.717) is 16.5 Å². The highest BCUT2D eigenvalue weighted by Crippen LogP contribution is 2.31. The molecule has 0 aliphatic heterocycles. The summed E-state index contributed by atoms with van der Waals surface area (Å²) < 4.78 is 43.1. The normalized spacial score (nSPS) is 11.3. The largest absolute Gasteiger partial charge is 0.487 e. The average molecular weight is 317 g/mol. The number of nitrogens with zero attached hydrogens (tertiary/aromatic N) is 1. The Bertz CT molecular complexity index is 632. The maximum absolute atomic E-state index is 12.6. The predicted molar refractivity (Wildman–Crippen MR) is 74.6 cm³/mol. The van der Waals surface area contributed by atoms with Crippen LogP contribution in [0.1, 0.15) is 11.3 Å². The van der Waals surface area contributed by atoms with Crippen LogP contribution in [0.3, 0.4) is 0 Å². The Labute approximate surface area is 124 Å². The van der Waals surface area contributed by atoms with E-state index in [2.05, 4.69) is 10.3 Å². The summed E-state index contributed by atoms with van der Waals surface area (Å²) in [4.78, 5) is 4.19. The molecule has 0 aliphatic rings. The number of alkyl halides is 3. The summed E-state index contributed by atoms with van der Waals surface area (Å²) >= 11 is 5.97. The number of aromatic nitrogens is 1. The Morgan fingerprint density at radius 3 is 2.67 bits per heavy atom. The number of rotatable bonds is 4. The van der Waals surface area contributed by atoms with Crippen molar-refractivity contribution >= 4 is 17.4 Å². The first-order valence-electron chi connectivity index (χ1n) is 6.03. The lowest BCUT2D eigenvalue weighted by Gasteiger charge is -2.11. The Kier molecular flexibility index (Phi) is 4.57. The highest BCUT2D eigenvalue weighted by Gasteiger charge is 2.30. The Morgan fingerprint density at radius 1 is 1.24 bits per heavy atom. The van der Waals surface area contributed by atoms with Gasteiger partial charge in [-0.2, -0.15) is 13.2 Å². The zero-order valence-electron chi connectivity index (χ0n) is 11.0. The van der Waals surface area contributed by atoms with Gasteiger partial charge < -0.3 is 10.1 Å². The van der Waals surface area contributed by atoms with Crippen LogP contribution in [0.15, 0.2) is 36.4 Å². The van der Waals surface area contributed by atoms with E-state index in [-0.39, 0.29) is 12.4 Å². The van der Waals surface area contributed by atoms with Gasteiger partial charge in [-0.25, -0.2) is 4.98 Å². The molecule has 0 spiro atoms. The van der Waals surface area contributed by atoms with Gasteiger partial charge in [0.1, 0.15) is 18.2 Å². The van der Waals surface area contributed by atoms with Crippen LogP contribution in [-0.2, 0) is 12.8 Å². The van der Waals surface area contributed by atoms with Crippen molar-refractivity contribution in [1.29, 1.82) is 0 Å². The van der Waals surface area contributed by atoms with Gasteiger partial charge in [0.2, 0.25) is 0 Å². The number of benzene rings is 1. The molecule has 0 bridgehead atoms. The molecule has 0 radical (unpaired) electrons. The first kappa shape index (κ1) is 15.4. The summed E-state index contributed by atoms with van der Waals surface area (Å²) in [6.45, 7) is -0.0182. The van der Waals surface area contributed by atoms with E-state index < -0.39 is 11.7 Å². The number of nitrogens with one attached hydrogen (secondary N) is 1. The number of hydrogen-bond acceptors (Lipinski definition) is 3. The van der Waals surface area contributed by atoms with Crippen LogP contribution >= 0.6 is 11.6 Å². The standard InChI is InChI=1S/C14H12ClF3N2O/c1-19-13-6-5-11(15)12(20-13)8-21-10-4-2-3-9(7-10)14(16,17)18/h2-7H,8H2,1H3,(H,19,20). The Balaban J connectivity index is 2.13. The number of halogens is 4. The summed E-state index contributed by atoms with van der Waals surface area (Å²) in [5, 5.41) is 3.24. The topological polar surface area (TPSA) is 34.1 Å². The lowest BCUT2D eigenvalue weighted by Crippen LogP contribution is -2.06. The summed E-state index contributed by atoms with van der Waals surface area (Å²) in [7, 11) is 1.70. The second kappa shape index (κ2) is 6.22. The Morgan fingerprint density at radius 2 is 2.00 bits per heavy atom. The first-order valence-corrected chi connectivity index (χ1v) is 6.41. The second-order valence-electron chi connectivity index (χ2n) is 4.19. The fourth-order valence-corrected chi connectivity index (χ4v) is 1.80. The predicted octanol–water partition coefficient (Wildman–Crippen LogP) is 4.37. The maximum atomic E-state index is 12.6. The summed E-state index contributed by atoms with van der Waals surface area (Å²) in [6.07, 6.45) is -4.40. The van der Waals surface area contributed by atoms with Gasteiger partial charge in [0.05, 0.1) is 16.3 Å². The van der Waals surface area contributed by atoms with Crippen molar-refractivity contribution in [3.05, 3.63) is 52.7 Å². The third-order valence-corrected chi connectivity index (χ3v) is 3.06. The average Bonchev–Trinajstić information content (AvgIpc) is 2.46. The minimum absolute atomic E-state index is 0.0182. The minimum Gasteiger partial charge on any atom is -0.487 e. The number of hydrogen-bond donors (Lipinski definition) is 1. The third-order valence-electron chi connectivity index (χ3n) is 2.71. The van der Waals surface area contributed by atoms with Gasteiger partial charge in [-0.05, 0) is 30.3 Å². The molecule has 112 valence electrons. The van der Waals surface area contributed by atoms with E-state index in [1.54, 1.807) is 19.2 Å². The first-order chi connectivity index (χ1) is 9.90. The number of pyridine rings is 1. The highest BCUT2D eigenvalue weighted by atomic mass is 35.5. The van der Waals surface area contributed by atoms with E-state index in [9.17, 15) is 13.2 Å². The van der Waals surface area contributed by atoms with Crippen LogP contribution < -0.4 is 10.1 Å². The van der Waals surface area contributed by atoms with Gasteiger partial charge in [-0.15, -0.1) is 0 Å². The van der Waals surface area contributed by atoms with Crippen molar-refractivity contribution in [3.8, 4) is 5.75 Å². The molecule has 0 saturated carbocycles. The quantitative estimate of drug-likeness (QED) is 0.909.